The number of anilines is 1. The van der Waals surface area contributed by atoms with Gasteiger partial charge in [0.05, 0.1) is 28.7 Å². The summed E-state index contributed by atoms with van der Waals surface area (Å²) in [5.74, 6) is -0.817. The highest BCUT2D eigenvalue weighted by Gasteiger charge is 2.30. The van der Waals surface area contributed by atoms with Crippen LogP contribution in [0.2, 0.25) is 0 Å². The first kappa shape index (κ1) is 17.5. The number of hydrogen-bond donors (Lipinski definition) is 2. The lowest BCUT2D eigenvalue weighted by Crippen LogP contribution is -2.14. The maximum atomic E-state index is 12.9. The Morgan fingerprint density at radius 3 is 2.69 bits per heavy atom. The SMILES string of the molecule is Cc1c(C(=O)Nc2ncccc2O)cnn1-c1cccc(C(F)(F)F)c1. The lowest BCUT2D eigenvalue weighted by atomic mass is 10.2. The van der Waals surface area contributed by atoms with Crippen LogP contribution in [0.15, 0.2) is 48.8 Å². The van der Waals surface area contributed by atoms with Crippen molar-refractivity contribution in [3.63, 3.8) is 0 Å². The number of alkyl halides is 3. The van der Waals surface area contributed by atoms with Crippen LogP contribution in [0.3, 0.4) is 0 Å². The molecule has 0 saturated carbocycles. The Morgan fingerprint density at radius 2 is 2.00 bits per heavy atom. The molecule has 1 amide bonds. The number of nitrogens with one attached hydrogen (secondary N) is 1. The van der Waals surface area contributed by atoms with Crippen LogP contribution in [0.1, 0.15) is 21.6 Å². The van der Waals surface area contributed by atoms with Crippen molar-refractivity contribution >= 4 is 11.7 Å². The molecular weight excluding hydrogens is 349 g/mol. The van der Waals surface area contributed by atoms with E-state index in [-0.39, 0.29) is 22.8 Å². The average molecular weight is 362 g/mol. The number of halogens is 3. The van der Waals surface area contributed by atoms with E-state index in [0.29, 0.717) is 5.69 Å². The van der Waals surface area contributed by atoms with Crippen molar-refractivity contribution in [2.24, 2.45) is 0 Å². The Bertz CT molecular complexity index is 967. The second-order valence-corrected chi connectivity index (χ2v) is 5.43. The number of aromatic nitrogens is 3. The Morgan fingerprint density at radius 1 is 1.23 bits per heavy atom. The van der Waals surface area contributed by atoms with Crippen molar-refractivity contribution in [2.75, 3.05) is 5.32 Å². The molecule has 9 heteroatoms. The summed E-state index contributed by atoms with van der Waals surface area (Å²) in [5.41, 5.74) is -0.143. The van der Waals surface area contributed by atoms with Crippen molar-refractivity contribution in [1.29, 1.82) is 0 Å². The molecule has 2 aromatic heterocycles. The number of hydrogen-bond acceptors (Lipinski definition) is 4. The van der Waals surface area contributed by atoms with E-state index in [1.807, 2.05) is 0 Å². The van der Waals surface area contributed by atoms with Gasteiger partial charge in [0.1, 0.15) is 0 Å². The van der Waals surface area contributed by atoms with E-state index in [9.17, 15) is 23.1 Å². The van der Waals surface area contributed by atoms with Gasteiger partial charge in [0, 0.05) is 6.20 Å². The van der Waals surface area contributed by atoms with Gasteiger partial charge in [0.15, 0.2) is 11.6 Å². The summed E-state index contributed by atoms with van der Waals surface area (Å²) in [6, 6.07) is 7.50. The van der Waals surface area contributed by atoms with Crippen LogP contribution >= 0.6 is 0 Å². The first-order valence-electron chi connectivity index (χ1n) is 7.45. The molecule has 0 spiro atoms. The smallest absolute Gasteiger partial charge is 0.416 e. The molecule has 0 unspecified atom stereocenters. The summed E-state index contributed by atoms with van der Waals surface area (Å²) in [7, 11) is 0. The maximum absolute atomic E-state index is 12.9. The summed E-state index contributed by atoms with van der Waals surface area (Å²) < 4.78 is 39.9. The van der Waals surface area contributed by atoms with Crippen LogP contribution < -0.4 is 5.32 Å². The van der Waals surface area contributed by atoms with Crippen LogP contribution in [0.4, 0.5) is 19.0 Å². The van der Waals surface area contributed by atoms with Gasteiger partial charge in [-0.3, -0.25) is 4.79 Å². The van der Waals surface area contributed by atoms with Gasteiger partial charge in [0.25, 0.3) is 5.91 Å². The van der Waals surface area contributed by atoms with E-state index in [1.54, 1.807) is 6.92 Å². The second kappa shape index (κ2) is 6.51. The van der Waals surface area contributed by atoms with Gasteiger partial charge in [-0.05, 0) is 37.3 Å². The van der Waals surface area contributed by atoms with Crippen molar-refractivity contribution in [3.8, 4) is 11.4 Å². The fourth-order valence-electron chi connectivity index (χ4n) is 2.37. The van der Waals surface area contributed by atoms with E-state index in [2.05, 4.69) is 15.4 Å². The van der Waals surface area contributed by atoms with E-state index in [1.165, 1.54) is 41.3 Å². The monoisotopic (exact) mass is 362 g/mol. The number of benzene rings is 1. The van der Waals surface area contributed by atoms with Crippen LogP contribution in [0, 0.1) is 6.92 Å². The highest BCUT2D eigenvalue weighted by Crippen LogP contribution is 2.30. The number of carbonyl (C=O) groups excluding carboxylic acids is 1. The summed E-state index contributed by atoms with van der Waals surface area (Å²) in [6.45, 7) is 1.56. The molecule has 3 rings (SSSR count). The molecule has 0 radical (unpaired) electrons. The largest absolute Gasteiger partial charge is 0.504 e. The zero-order valence-electron chi connectivity index (χ0n) is 13.4. The third kappa shape index (κ3) is 3.37. The Hall–Kier alpha value is -3.36. The van der Waals surface area contributed by atoms with Crippen LogP contribution in [-0.4, -0.2) is 25.8 Å². The molecule has 2 heterocycles. The van der Waals surface area contributed by atoms with E-state index < -0.39 is 17.6 Å². The number of nitrogens with zero attached hydrogens (tertiary/aromatic N) is 3. The van der Waals surface area contributed by atoms with Gasteiger partial charge in [-0.2, -0.15) is 18.3 Å². The summed E-state index contributed by atoms with van der Waals surface area (Å²) >= 11 is 0. The highest BCUT2D eigenvalue weighted by atomic mass is 19.4. The zero-order valence-corrected chi connectivity index (χ0v) is 13.4. The predicted molar refractivity (Wildman–Crippen MR) is 87.2 cm³/mol. The molecule has 26 heavy (non-hydrogen) atoms. The quantitative estimate of drug-likeness (QED) is 0.747. The van der Waals surface area contributed by atoms with Gasteiger partial charge in [-0.1, -0.05) is 6.07 Å². The standard InChI is InChI=1S/C17H13F3N4O2/c1-10-13(16(26)23-15-14(25)6-3-7-21-15)9-22-24(10)12-5-2-4-11(8-12)17(18,19)20/h2-9,25H,1H3,(H,21,23,26). The molecule has 134 valence electrons. The highest BCUT2D eigenvalue weighted by molar-refractivity contribution is 6.05. The van der Waals surface area contributed by atoms with Gasteiger partial charge in [-0.25, -0.2) is 9.67 Å². The fraction of sp³-hybridized carbons (Fsp3) is 0.118. The molecular formula is C17H13F3N4O2. The van der Waals surface area contributed by atoms with Gasteiger partial charge < -0.3 is 10.4 Å². The van der Waals surface area contributed by atoms with Gasteiger partial charge in [0.2, 0.25) is 0 Å². The minimum Gasteiger partial charge on any atom is -0.504 e. The summed E-state index contributed by atoms with van der Waals surface area (Å²) in [5, 5.41) is 16.1. The molecule has 1 aromatic carbocycles. The molecule has 0 aliphatic heterocycles. The first-order chi connectivity index (χ1) is 12.3. The molecule has 0 aliphatic carbocycles. The van der Waals surface area contributed by atoms with Crippen LogP contribution in [0.5, 0.6) is 5.75 Å². The molecule has 0 aliphatic rings. The number of amides is 1. The lowest BCUT2D eigenvalue weighted by molar-refractivity contribution is -0.137. The maximum Gasteiger partial charge on any atom is 0.416 e. The van der Waals surface area contributed by atoms with Crippen molar-refractivity contribution in [3.05, 3.63) is 65.6 Å². The second-order valence-electron chi connectivity index (χ2n) is 5.43. The molecule has 0 atom stereocenters. The lowest BCUT2D eigenvalue weighted by Gasteiger charge is -2.10. The normalized spacial score (nSPS) is 11.4. The topological polar surface area (TPSA) is 80.0 Å². The van der Waals surface area contributed by atoms with Crippen LogP contribution in [-0.2, 0) is 6.18 Å². The minimum atomic E-state index is -4.48. The molecule has 3 aromatic rings. The van der Waals surface area contributed by atoms with Crippen molar-refractivity contribution in [1.82, 2.24) is 14.8 Å². The third-order valence-electron chi connectivity index (χ3n) is 3.69. The van der Waals surface area contributed by atoms with Crippen LogP contribution in [0.25, 0.3) is 5.69 Å². The molecule has 0 bridgehead atoms. The molecule has 6 nitrogen and oxygen atoms in total. The number of pyridine rings is 1. The first-order valence-corrected chi connectivity index (χ1v) is 7.45. The summed E-state index contributed by atoms with van der Waals surface area (Å²) in [6.07, 6.45) is -1.84. The van der Waals surface area contributed by atoms with Crippen molar-refractivity contribution < 1.29 is 23.1 Å². The predicted octanol–water partition coefficient (Wildman–Crippen LogP) is 3.55. The molecule has 2 N–H and O–H groups in total. The van der Waals surface area contributed by atoms with E-state index >= 15 is 0 Å². The molecule has 0 saturated heterocycles. The zero-order chi connectivity index (χ0) is 18.9. The van der Waals surface area contributed by atoms with Gasteiger partial charge >= 0.3 is 6.18 Å². The van der Waals surface area contributed by atoms with E-state index in [4.69, 9.17) is 0 Å². The third-order valence-corrected chi connectivity index (χ3v) is 3.69. The number of aromatic hydroxyl groups is 1. The Balaban J connectivity index is 1.91. The fourth-order valence-corrected chi connectivity index (χ4v) is 2.37. The van der Waals surface area contributed by atoms with E-state index in [0.717, 1.165) is 12.1 Å². The van der Waals surface area contributed by atoms with Gasteiger partial charge in [-0.15, -0.1) is 0 Å². The number of carbonyl (C=O) groups is 1. The minimum absolute atomic E-state index is 0.0243. The summed E-state index contributed by atoms with van der Waals surface area (Å²) in [4.78, 5) is 16.2. The average Bonchev–Trinajstić information content (AvgIpc) is 2.98. The number of rotatable bonds is 3. The molecule has 0 fully saturated rings. The Labute approximate surface area is 145 Å². The van der Waals surface area contributed by atoms with Crippen molar-refractivity contribution in [2.45, 2.75) is 13.1 Å². The Kier molecular flexibility index (Phi) is 4.37.